The standard InChI is InChI=1S/C20H28N6S/c1-24-18(15-4-3-5-16(15)23-24)13-25-8-10-26(11-9-25)19-12-17(14-6-7-14)21-20(22-19)27-2/h12,14H,3-11,13H2,1-2H3. The highest BCUT2D eigenvalue weighted by molar-refractivity contribution is 7.98. The second kappa shape index (κ2) is 7.09. The van der Waals surface area contributed by atoms with Crippen LogP contribution in [0.5, 0.6) is 0 Å². The number of fused-ring (bicyclic) bond motifs is 1. The van der Waals surface area contributed by atoms with Crippen LogP contribution < -0.4 is 4.90 Å². The predicted molar refractivity (Wildman–Crippen MR) is 109 cm³/mol. The second-order valence-corrected chi connectivity index (χ2v) is 8.80. The van der Waals surface area contributed by atoms with Crippen molar-refractivity contribution in [3.05, 3.63) is 28.7 Å². The zero-order valence-corrected chi connectivity index (χ0v) is 17.1. The van der Waals surface area contributed by atoms with E-state index in [4.69, 9.17) is 15.1 Å². The molecular formula is C20H28N6S. The Morgan fingerprint density at radius 3 is 2.67 bits per heavy atom. The normalized spacial score (nSPS) is 20.3. The van der Waals surface area contributed by atoms with Gasteiger partial charge in [0.25, 0.3) is 0 Å². The summed E-state index contributed by atoms with van der Waals surface area (Å²) in [6, 6.07) is 2.24. The lowest BCUT2D eigenvalue weighted by molar-refractivity contribution is 0.242. The first-order valence-electron chi connectivity index (χ1n) is 10.1. The van der Waals surface area contributed by atoms with Gasteiger partial charge in [-0.1, -0.05) is 11.8 Å². The monoisotopic (exact) mass is 384 g/mol. The molecule has 1 saturated heterocycles. The lowest BCUT2D eigenvalue weighted by Gasteiger charge is -2.35. The van der Waals surface area contributed by atoms with Gasteiger partial charge in [-0.05, 0) is 43.9 Å². The number of thioether (sulfide) groups is 1. The van der Waals surface area contributed by atoms with Gasteiger partial charge in [-0.3, -0.25) is 9.58 Å². The SMILES string of the molecule is CSc1nc(C2CC2)cc(N2CCN(Cc3c4c(nn3C)CCC4)CC2)n1. The Morgan fingerprint density at radius 2 is 1.93 bits per heavy atom. The highest BCUT2D eigenvalue weighted by Gasteiger charge is 2.28. The lowest BCUT2D eigenvalue weighted by atomic mass is 10.1. The molecule has 2 aromatic heterocycles. The van der Waals surface area contributed by atoms with Crippen LogP contribution in [-0.4, -0.2) is 57.1 Å². The summed E-state index contributed by atoms with van der Waals surface area (Å²) in [5.74, 6) is 1.79. The Hall–Kier alpha value is -1.60. The molecule has 0 unspecified atom stereocenters. The van der Waals surface area contributed by atoms with E-state index in [9.17, 15) is 0 Å². The van der Waals surface area contributed by atoms with E-state index >= 15 is 0 Å². The van der Waals surface area contributed by atoms with E-state index in [1.54, 1.807) is 11.8 Å². The Kier molecular flexibility index (Phi) is 4.60. The smallest absolute Gasteiger partial charge is 0.189 e. The molecule has 0 aromatic carbocycles. The molecule has 0 radical (unpaired) electrons. The molecule has 0 N–H and O–H groups in total. The van der Waals surface area contributed by atoms with Gasteiger partial charge in [-0.2, -0.15) is 5.10 Å². The maximum absolute atomic E-state index is 4.79. The van der Waals surface area contributed by atoms with Crippen LogP contribution in [0.3, 0.4) is 0 Å². The van der Waals surface area contributed by atoms with E-state index < -0.39 is 0 Å². The van der Waals surface area contributed by atoms with Gasteiger partial charge in [0.1, 0.15) is 5.82 Å². The van der Waals surface area contributed by atoms with Crippen LogP contribution in [0.15, 0.2) is 11.2 Å². The summed E-state index contributed by atoms with van der Waals surface area (Å²) in [7, 11) is 2.11. The summed E-state index contributed by atoms with van der Waals surface area (Å²) in [4.78, 5) is 14.5. The predicted octanol–water partition coefficient (Wildman–Crippen LogP) is 2.62. The third-order valence-corrected chi connectivity index (χ3v) is 6.71. The Labute approximate surface area is 165 Å². The van der Waals surface area contributed by atoms with Crippen molar-refractivity contribution >= 4 is 17.6 Å². The van der Waals surface area contributed by atoms with Crippen molar-refractivity contribution in [2.24, 2.45) is 7.05 Å². The number of hydrogen-bond acceptors (Lipinski definition) is 6. The summed E-state index contributed by atoms with van der Waals surface area (Å²) in [6.45, 7) is 5.26. The van der Waals surface area contributed by atoms with Crippen molar-refractivity contribution in [2.75, 3.05) is 37.3 Å². The molecule has 144 valence electrons. The van der Waals surface area contributed by atoms with Crippen LogP contribution in [0.25, 0.3) is 0 Å². The molecule has 2 aromatic rings. The van der Waals surface area contributed by atoms with Gasteiger partial charge in [0, 0.05) is 51.8 Å². The number of hydrogen-bond donors (Lipinski definition) is 0. The molecular weight excluding hydrogens is 356 g/mol. The minimum Gasteiger partial charge on any atom is -0.354 e. The van der Waals surface area contributed by atoms with Crippen LogP contribution in [0.4, 0.5) is 5.82 Å². The molecule has 0 bridgehead atoms. The Bertz CT molecular complexity index is 835. The van der Waals surface area contributed by atoms with Crippen molar-refractivity contribution in [3.8, 4) is 0 Å². The van der Waals surface area contributed by atoms with Crippen molar-refractivity contribution in [1.82, 2.24) is 24.6 Å². The fourth-order valence-electron chi connectivity index (χ4n) is 4.40. The first-order valence-corrected chi connectivity index (χ1v) is 11.4. The number of rotatable bonds is 5. The van der Waals surface area contributed by atoms with Crippen LogP contribution >= 0.6 is 11.8 Å². The summed E-state index contributed by atoms with van der Waals surface area (Å²) in [5.41, 5.74) is 5.54. The van der Waals surface area contributed by atoms with Gasteiger partial charge in [0.05, 0.1) is 17.1 Å². The average molecular weight is 385 g/mol. The van der Waals surface area contributed by atoms with Crippen molar-refractivity contribution in [1.29, 1.82) is 0 Å². The first kappa shape index (κ1) is 17.5. The maximum Gasteiger partial charge on any atom is 0.189 e. The quantitative estimate of drug-likeness (QED) is 0.583. The van der Waals surface area contributed by atoms with E-state index in [0.717, 1.165) is 50.1 Å². The van der Waals surface area contributed by atoms with Gasteiger partial charge < -0.3 is 4.90 Å². The molecule has 3 aliphatic rings. The lowest BCUT2D eigenvalue weighted by Crippen LogP contribution is -2.46. The summed E-state index contributed by atoms with van der Waals surface area (Å²) in [6.07, 6.45) is 8.28. The van der Waals surface area contributed by atoms with E-state index in [1.165, 1.54) is 48.3 Å². The zero-order valence-electron chi connectivity index (χ0n) is 16.3. The number of piperazine rings is 1. The molecule has 3 heterocycles. The van der Waals surface area contributed by atoms with Gasteiger partial charge >= 0.3 is 0 Å². The second-order valence-electron chi connectivity index (χ2n) is 8.02. The molecule has 5 rings (SSSR count). The van der Waals surface area contributed by atoms with Crippen LogP contribution in [0.2, 0.25) is 0 Å². The van der Waals surface area contributed by atoms with Gasteiger partial charge in [-0.25, -0.2) is 9.97 Å². The summed E-state index contributed by atoms with van der Waals surface area (Å²) in [5, 5.41) is 5.65. The molecule has 27 heavy (non-hydrogen) atoms. The van der Waals surface area contributed by atoms with E-state index in [1.807, 2.05) is 0 Å². The third kappa shape index (κ3) is 3.47. The average Bonchev–Trinajstić information content (AvgIpc) is 3.39. The number of anilines is 1. The van der Waals surface area contributed by atoms with Gasteiger partial charge in [0.2, 0.25) is 0 Å². The molecule has 0 atom stereocenters. The van der Waals surface area contributed by atoms with E-state index in [2.05, 4.69) is 33.9 Å². The number of nitrogens with zero attached hydrogens (tertiary/aromatic N) is 6. The zero-order chi connectivity index (χ0) is 18.4. The minimum atomic E-state index is 0.672. The molecule has 2 fully saturated rings. The molecule has 2 aliphatic carbocycles. The van der Waals surface area contributed by atoms with Crippen molar-refractivity contribution < 1.29 is 0 Å². The van der Waals surface area contributed by atoms with Crippen molar-refractivity contribution in [2.45, 2.75) is 49.7 Å². The topological polar surface area (TPSA) is 50.1 Å². The van der Waals surface area contributed by atoms with Crippen LogP contribution in [0, 0.1) is 0 Å². The van der Waals surface area contributed by atoms with Crippen molar-refractivity contribution in [3.63, 3.8) is 0 Å². The third-order valence-electron chi connectivity index (χ3n) is 6.16. The fraction of sp³-hybridized carbons (Fsp3) is 0.650. The largest absolute Gasteiger partial charge is 0.354 e. The first-order chi connectivity index (χ1) is 13.2. The molecule has 6 nitrogen and oxygen atoms in total. The molecule has 0 amide bonds. The Balaban J connectivity index is 1.26. The van der Waals surface area contributed by atoms with Gasteiger partial charge in [-0.15, -0.1) is 0 Å². The molecule has 0 spiro atoms. The highest BCUT2D eigenvalue weighted by Crippen LogP contribution is 2.40. The van der Waals surface area contributed by atoms with E-state index in [0.29, 0.717) is 5.92 Å². The molecule has 7 heteroatoms. The molecule has 1 aliphatic heterocycles. The van der Waals surface area contributed by atoms with E-state index in [-0.39, 0.29) is 0 Å². The van der Waals surface area contributed by atoms with Crippen LogP contribution in [0.1, 0.15) is 47.8 Å². The summed E-state index contributed by atoms with van der Waals surface area (Å²) >= 11 is 1.65. The highest BCUT2D eigenvalue weighted by atomic mass is 32.2. The minimum absolute atomic E-state index is 0.672. The maximum atomic E-state index is 4.79. The summed E-state index contributed by atoms with van der Waals surface area (Å²) < 4.78 is 2.12. The fourth-order valence-corrected chi connectivity index (χ4v) is 4.78. The Morgan fingerprint density at radius 1 is 1.11 bits per heavy atom. The van der Waals surface area contributed by atoms with Crippen LogP contribution in [-0.2, 0) is 26.4 Å². The van der Waals surface area contributed by atoms with Gasteiger partial charge in [0.15, 0.2) is 5.16 Å². The molecule has 1 saturated carbocycles. The number of aromatic nitrogens is 4. The number of aryl methyl sites for hydroxylation is 2.